The highest BCUT2D eigenvalue weighted by Gasteiger charge is 2.34. The lowest BCUT2D eigenvalue weighted by Crippen LogP contribution is -2.39. The minimum atomic E-state index is -3.65. The van der Waals surface area contributed by atoms with Crippen LogP contribution in [0.1, 0.15) is 25.7 Å². The van der Waals surface area contributed by atoms with Crippen LogP contribution in [0.5, 0.6) is 0 Å². The number of carbonyl (C=O) groups excluding carboxylic acids is 1. The van der Waals surface area contributed by atoms with Gasteiger partial charge in [0.1, 0.15) is 6.54 Å². The van der Waals surface area contributed by atoms with Crippen LogP contribution in [0.2, 0.25) is 0 Å². The molecule has 0 unspecified atom stereocenters. The molecule has 26 heavy (non-hydrogen) atoms. The van der Waals surface area contributed by atoms with E-state index in [4.69, 9.17) is 5.26 Å². The van der Waals surface area contributed by atoms with Crippen LogP contribution < -0.4 is 5.32 Å². The van der Waals surface area contributed by atoms with Crippen LogP contribution in [-0.2, 0) is 24.5 Å². The minimum Gasteiger partial charge on any atom is -0.343 e. The van der Waals surface area contributed by atoms with Gasteiger partial charge in [-0.25, -0.2) is 16.8 Å². The number of rotatable bonds is 6. The Morgan fingerprint density at radius 3 is 2.27 bits per heavy atom. The van der Waals surface area contributed by atoms with Gasteiger partial charge in [-0.2, -0.15) is 5.26 Å². The second-order valence-corrected chi connectivity index (χ2v) is 10.6. The first-order valence-electron chi connectivity index (χ1n) is 8.32. The Kier molecular flexibility index (Phi) is 6.42. The summed E-state index contributed by atoms with van der Waals surface area (Å²) in [5, 5.41) is 11.1. The van der Waals surface area contributed by atoms with E-state index in [1.807, 2.05) is 6.07 Å². The van der Waals surface area contributed by atoms with E-state index in [9.17, 15) is 21.6 Å². The molecule has 0 bridgehead atoms. The fourth-order valence-electron chi connectivity index (χ4n) is 3.28. The highest BCUT2D eigenvalue weighted by atomic mass is 32.2. The molecular formula is C17H22N2O5S2. The molecule has 0 spiro atoms. The lowest BCUT2D eigenvalue weighted by atomic mass is 9.80. The maximum Gasteiger partial charge on any atom is 0.224 e. The second-order valence-electron chi connectivity index (χ2n) is 6.55. The van der Waals surface area contributed by atoms with E-state index >= 15 is 0 Å². The molecule has 1 saturated carbocycles. The molecule has 0 heterocycles. The third kappa shape index (κ3) is 5.05. The van der Waals surface area contributed by atoms with Gasteiger partial charge in [0.25, 0.3) is 0 Å². The van der Waals surface area contributed by atoms with E-state index in [0.29, 0.717) is 12.8 Å². The highest BCUT2D eigenvalue weighted by Crippen LogP contribution is 2.32. The highest BCUT2D eigenvalue weighted by molar-refractivity contribution is 7.91. The second kappa shape index (κ2) is 8.18. The van der Waals surface area contributed by atoms with E-state index in [-0.39, 0.29) is 33.9 Å². The van der Waals surface area contributed by atoms with E-state index < -0.39 is 25.6 Å². The molecule has 1 aliphatic rings. The summed E-state index contributed by atoms with van der Waals surface area (Å²) in [6.45, 7) is -0.0955. The van der Waals surface area contributed by atoms with Gasteiger partial charge in [0.15, 0.2) is 19.7 Å². The standard InChI is InChI=1S/C17H22N2O5S2/c1-25(21,22)14-6-8-15(9-7-14)26(23,24)12-13-4-2-3-5-16(13)17(20)19-11-10-18/h6-9,13,16H,2-5,11-12H2,1H3,(H,19,20)/t13-,16+/m0/s1. The van der Waals surface area contributed by atoms with Crippen molar-refractivity contribution in [2.24, 2.45) is 11.8 Å². The van der Waals surface area contributed by atoms with Gasteiger partial charge in [-0.1, -0.05) is 12.8 Å². The first-order chi connectivity index (χ1) is 12.1. The number of carbonyl (C=O) groups is 1. The first kappa shape index (κ1) is 20.4. The van der Waals surface area contributed by atoms with Crippen molar-refractivity contribution in [2.75, 3.05) is 18.6 Å². The minimum absolute atomic E-state index is 0.0478. The largest absolute Gasteiger partial charge is 0.343 e. The molecule has 0 saturated heterocycles. The van der Waals surface area contributed by atoms with Crippen molar-refractivity contribution < 1.29 is 21.6 Å². The lowest BCUT2D eigenvalue weighted by molar-refractivity contribution is -0.127. The zero-order valence-corrected chi connectivity index (χ0v) is 16.1. The Morgan fingerprint density at radius 2 is 1.69 bits per heavy atom. The molecule has 2 rings (SSSR count). The van der Waals surface area contributed by atoms with E-state index in [1.54, 1.807) is 0 Å². The molecule has 0 radical (unpaired) electrons. The average Bonchev–Trinajstić information content (AvgIpc) is 2.59. The predicted molar refractivity (Wildman–Crippen MR) is 95.7 cm³/mol. The van der Waals surface area contributed by atoms with Crippen molar-refractivity contribution in [3.8, 4) is 6.07 Å². The molecule has 2 atom stereocenters. The normalized spacial score (nSPS) is 20.9. The molecule has 1 N–H and O–H groups in total. The maximum absolute atomic E-state index is 12.7. The van der Waals surface area contributed by atoms with E-state index in [0.717, 1.165) is 19.1 Å². The number of amides is 1. The zero-order chi connectivity index (χ0) is 19.4. The van der Waals surface area contributed by atoms with Crippen LogP contribution in [0.3, 0.4) is 0 Å². The topological polar surface area (TPSA) is 121 Å². The van der Waals surface area contributed by atoms with Crippen molar-refractivity contribution >= 4 is 25.6 Å². The van der Waals surface area contributed by atoms with E-state index in [2.05, 4.69) is 5.32 Å². The molecule has 9 heteroatoms. The Bertz CT molecular complexity index is 899. The van der Waals surface area contributed by atoms with Crippen LogP contribution in [0.25, 0.3) is 0 Å². The van der Waals surface area contributed by atoms with Crippen LogP contribution in [0.15, 0.2) is 34.1 Å². The van der Waals surface area contributed by atoms with Crippen molar-refractivity contribution in [1.82, 2.24) is 5.32 Å². The Morgan fingerprint density at radius 1 is 1.12 bits per heavy atom. The molecular weight excluding hydrogens is 376 g/mol. The van der Waals surface area contributed by atoms with Gasteiger partial charge in [-0.05, 0) is 43.0 Å². The summed E-state index contributed by atoms with van der Waals surface area (Å²) in [4.78, 5) is 12.3. The van der Waals surface area contributed by atoms with Crippen molar-refractivity contribution in [3.05, 3.63) is 24.3 Å². The number of nitriles is 1. The molecule has 7 nitrogen and oxygen atoms in total. The Labute approximate surface area is 154 Å². The van der Waals surface area contributed by atoms with Gasteiger partial charge in [0.05, 0.1) is 21.6 Å². The summed E-state index contributed by atoms with van der Waals surface area (Å²) in [5.41, 5.74) is 0. The molecule has 0 aliphatic heterocycles. The fraction of sp³-hybridized carbons (Fsp3) is 0.529. The maximum atomic E-state index is 12.7. The quantitative estimate of drug-likeness (QED) is 0.721. The van der Waals surface area contributed by atoms with Crippen molar-refractivity contribution in [1.29, 1.82) is 5.26 Å². The zero-order valence-electron chi connectivity index (χ0n) is 14.5. The average molecular weight is 399 g/mol. The SMILES string of the molecule is CS(=O)(=O)c1ccc(S(=O)(=O)C[C@@H]2CCCC[C@H]2C(=O)NCC#N)cc1. The molecule has 1 aliphatic carbocycles. The van der Waals surface area contributed by atoms with Gasteiger partial charge in [-0.15, -0.1) is 0 Å². The molecule has 0 aromatic heterocycles. The summed E-state index contributed by atoms with van der Waals surface area (Å²) >= 11 is 0. The molecule has 142 valence electrons. The van der Waals surface area contributed by atoms with Crippen LogP contribution in [0.4, 0.5) is 0 Å². The lowest BCUT2D eigenvalue weighted by Gasteiger charge is -2.30. The fourth-order valence-corrected chi connectivity index (χ4v) is 5.62. The van der Waals surface area contributed by atoms with Gasteiger partial charge < -0.3 is 5.32 Å². The third-order valence-corrected chi connectivity index (χ3v) is 7.62. The van der Waals surface area contributed by atoms with Gasteiger partial charge in [0.2, 0.25) is 5.91 Å². The summed E-state index contributed by atoms with van der Waals surface area (Å²) < 4.78 is 48.4. The number of nitrogens with zero attached hydrogens (tertiary/aromatic N) is 1. The molecule has 1 amide bonds. The molecule has 1 aromatic rings. The predicted octanol–water partition coefficient (Wildman–Crippen LogP) is 1.31. The number of benzene rings is 1. The first-order valence-corrected chi connectivity index (χ1v) is 11.9. The summed E-state index contributed by atoms with van der Waals surface area (Å²) in [7, 11) is -7.04. The Hall–Kier alpha value is -1.92. The summed E-state index contributed by atoms with van der Waals surface area (Å²) in [6.07, 6.45) is 4.00. The Balaban J connectivity index is 2.18. The number of hydrogen-bond acceptors (Lipinski definition) is 6. The molecule has 1 aromatic carbocycles. The van der Waals surface area contributed by atoms with Crippen LogP contribution in [-0.4, -0.2) is 41.3 Å². The third-order valence-electron chi connectivity index (χ3n) is 4.63. The number of hydrogen-bond donors (Lipinski definition) is 1. The van der Waals surface area contributed by atoms with E-state index in [1.165, 1.54) is 24.3 Å². The summed E-state index contributed by atoms with van der Waals surface area (Å²) in [6, 6.07) is 6.98. The van der Waals surface area contributed by atoms with Crippen LogP contribution in [0, 0.1) is 23.2 Å². The van der Waals surface area contributed by atoms with Gasteiger partial charge >= 0.3 is 0 Å². The van der Waals surface area contributed by atoms with Crippen molar-refractivity contribution in [3.63, 3.8) is 0 Å². The monoisotopic (exact) mass is 398 g/mol. The smallest absolute Gasteiger partial charge is 0.224 e. The van der Waals surface area contributed by atoms with Crippen LogP contribution >= 0.6 is 0 Å². The number of nitrogens with one attached hydrogen (secondary N) is 1. The molecule has 1 fully saturated rings. The number of sulfone groups is 2. The summed E-state index contributed by atoms with van der Waals surface area (Å²) in [5.74, 6) is -1.20. The van der Waals surface area contributed by atoms with Gasteiger partial charge in [-0.3, -0.25) is 4.79 Å². The van der Waals surface area contributed by atoms with Crippen molar-refractivity contribution in [2.45, 2.75) is 35.5 Å². The van der Waals surface area contributed by atoms with Gasteiger partial charge in [0, 0.05) is 12.2 Å².